The van der Waals surface area contributed by atoms with Crippen molar-refractivity contribution in [1.82, 2.24) is 9.97 Å². The number of H-pyrrole nitrogens is 1. The van der Waals surface area contributed by atoms with E-state index in [0.29, 0.717) is 16.2 Å². The summed E-state index contributed by atoms with van der Waals surface area (Å²) in [6.45, 7) is 3.19. The van der Waals surface area contributed by atoms with Gasteiger partial charge in [-0.3, -0.25) is 4.79 Å². The summed E-state index contributed by atoms with van der Waals surface area (Å²) in [6, 6.07) is 0. The third-order valence-electron chi connectivity index (χ3n) is 3.90. The van der Waals surface area contributed by atoms with Crippen LogP contribution in [0.4, 0.5) is 5.82 Å². The highest BCUT2D eigenvalue weighted by atomic mass is 79.9. The van der Waals surface area contributed by atoms with Crippen molar-refractivity contribution in [2.75, 3.05) is 11.9 Å². The largest absolute Gasteiger partial charge is 0.369 e. The SMILES string of the molecule is CCC1CCC(CNc2nc[nH]c(=O)c2Br)CC1. The highest BCUT2D eigenvalue weighted by molar-refractivity contribution is 9.10. The quantitative estimate of drug-likeness (QED) is 0.897. The van der Waals surface area contributed by atoms with Crippen molar-refractivity contribution in [3.05, 3.63) is 21.2 Å². The maximum Gasteiger partial charge on any atom is 0.267 e. The van der Waals surface area contributed by atoms with Crippen LogP contribution < -0.4 is 10.9 Å². The molecule has 1 heterocycles. The Bertz CT molecular complexity index is 438. The summed E-state index contributed by atoms with van der Waals surface area (Å²) in [4.78, 5) is 18.1. The molecule has 0 bridgehead atoms. The molecule has 2 rings (SSSR count). The molecule has 0 saturated heterocycles. The van der Waals surface area contributed by atoms with E-state index in [0.717, 1.165) is 12.5 Å². The van der Waals surface area contributed by atoms with Crippen LogP contribution in [0.1, 0.15) is 39.0 Å². The number of rotatable bonds is 4. The lowest BCUT2D eigenvalue weighted by molar-refractivity contribution is 0.278. The second kappa shape index (κ2) is 6.36. The third kappa shape index (κ3) is 3.34. The van der Waals surface area contributed by atoms with Crippen molar-refractivity contribution < 1.29 is 0 Å². The average Bonchev–Trinajstić information content (AvgIpc) is 2.41. The van der Waals surface area contributed by atoms with Crippen LogP contribution in [-0.2, 0) is 0 Å². The van der Waals surface area contributed by atoms with Gasteiger partial charge in [-0.15, -0.1) is 0 Å². The molecular formula is C13H20BrN3O. The van der Waals surface area contributed by atoms with Crippen LogP contribution in [0.5, 0.6) is 0 Å². The molecule has 0 unspecified atom stereocenters. The highest BCUT2D eigenvalue weighted by Crippen LogP contribution is 2.30. The number of aromatic amines is 1. The Morgan fingerprint density at radius 1 is 1.39 bits per heavy atom. The number of hydrogen-bond acceptors (Lipinski definition) is 3. The second-order valence-corrected chi connectivity index (χ2v) is 5.86. The Labute approximate surface area is 116 Å². The number of halogens is 1. The van der Waals surface area contributed by atoms with Crippen LogP contribution in [0.3, 0.4) is 0 Å². The number of aromatic nitrogens is 2. The lowest BCUT2D eigenvalue weighted by Crippen LogP contribution is -2.22. The molecule has 0 aromatic carbocycles. The molecule has 0 atom stereocenters. The van der Waals surface area contributed by atoms with Gasteiger partial charge >= 0.3 is 0 Å². The normalized spacial score (nSPS) is 23.9. The van der Waals surface area contributed by atoms with Gasteiger partial charge in [0.2, 0.25) is 0 Å². The lowest BCUT2D eigenvalue weighted by Gasteiger charge is -2.28. The average molecular weight is 314 g/mol. The molecule has 4 nitrogen and oxygen atoms in total. The predicted molar refractivity (Wildman–Crippen MR) is 76.8 cm³/mol. The standard InChI is InChI=1S/C13H20BrN3O/c1-2-9-3-5-10(6-4-9)7-15-12-11(14)13(18)17-8-16-12/h8-10H,2-7H2,1H3,(H2,15,16,17,18). The minimum atomic E-state index is -0.137. The maximum atomic E-state index is 11.4. The van der Waals surface area contributed by atoms with Gasteiger partial charge in [-0.1, -0.05) is 26.2 Å². The number of anilines is 1. The number of nitrogens with one attached hydrogen (secondary N) is 2. The fourth-order valence-electron chi connectivity index (χ4n) is 2.59. The van der Waals surface area contributed by atoms with Crippen molar-refractivity contribution in [2.45, 2.75) is 39.0 Å². The van der Waals surface area contributed by atoms with Gasteiger partial charge < -0.3 is 10.3 Å². The van der Waals surface area contributed by atoms with Crippen LogP contribution in [0.15, 0.2) is 15.6 Å². The van der Waals surface area contributed by atoms with Crippen molar-refractivity contribution >= 4 is 21.7 Å². The molecule has 0 amide bonds. The van der Waals surface area contributed by atoms with Crippen LogP contribution >= 0.6 is 15.9 Å². The molecule has 0 radical (unpaired) electrons. The molecule has 1 aromatic heterocycles. The molecule has 1 aliphatic rings. The molecular weight excluding hydrogens is 294 g/mol. The van der Waals surface area contributed by atoms with Crippen molar-refractivity contribution in [3.8, 4) is 0 Å². The van der Waals surface area contributed by atoms with E-state index in [2.05, 4.69) is 38.1 Å². The van der Waals surface area contributed by atoms with E-state index >= 15 is 0 Å². The topological polar surface area (TPSA) is 57.8 Å². The van der Waals surface area contributed by atoms with E-state index in [1.54, 1.807) is 0 Å². The Hall–Kier alpha value is -0.840. The van der Waals surface area contributed by atoms with E-state index in [1.165, 1.54) is 38.4 Å². The van der Waals surface area contributed by atoms with Gasteiger partial charge in [-0.05, 0) is 40.6 Å². The summed E-state index contributed by atoms with van der Waals surface area (Å²) in [6.07, 6.45) is 7.99. The van der Waals surface area contributed by atoms with Crippen molar-refractivity contribution in [3.63, 3.8) is 0 Å². The molecule has 1 fully saturated rings. The summed E-state index contributed by atoms with van der Waals surface area (Å²) < 4.78 is 0.493. The monoisotopic (exact) mass is 313 g/mol. The summed E-state index contributed by atoms with van der Waals surface area (Å²) in [5, 5.41) is 3.28. The Kier molecular flexibility index (Phi) is 4.80. The summed E-state index contributed by atoms with van der Waals surface area (Å²) >= 11 is 3.26. The zero-order valence-corrected chi connectivity index (χ0v) is 12.3. The molecule has 1 saturated carbocycles. The molecule has 1 aromatic rings. The van der Waals surface area contributed by atoms with Crippen LogP contribution in [0.25, 0.3) is 0 Å². The van der Waals surface area contributed by atoms with Gasteiger partial charge in [0.15, 0.2) is 0 Å². The molecule has 18 heavy (non-hydrogen) atoms. The van der Waals surface area contributed by atoms with Gasteiger partial charge in [-0.25, -0.2) is 4.98 Å². The van der Waals surface area contributed by atoms with E-state index in [-0.39, 0.29) is 5.56 Å². The van der Waals surface area contributed by atoms with E-state index in [1.807, 2.05) is 0 Å². The fourth-order valence-corrected chi connectivity index (χ4v) is 2.95. The van der Waals surface area contributed by atoms with Gasteiger partial charge in [-0.2, -0.15) is 0 Å². The zero-order chi connectivity index (χ0) is 13.0. The molecule has 1 aliphatic carbocycles. The minimum absolute atomic E-state index is 0.137. The Morgan fingerprint density at radius 3 is 2.72 bits per heavy atom. The minimum Gasteiger partial charge on any atom is -0.369 e. The van der Waals surface area contributed by atoms with Gasteiger partial charge in [0.05, 0.1) is 6.33 Å². The molecule has 5 heteroatoms. The lowest BCUT2D eigenvalue weighted by atomic mass is 9.81. The first kappa shape index (κ1) is 13.6. The van der Waals surface area contributed by atoms with E-state index in [9.17, 15) is 4.79 Å². The Morgan fingerprint density at radius 2 is 2.06 bits per heavy atom. The fraction of sp³-hybridized carbons (Fsp3) is 0.692. The number of nitrogens with zero attached hydrogens (tertiary/aromatic N) is 1. The Balaban J connectivity index is 1.85. The number of hydrogen-bond donors (Lipinski definition) is 2. The first-order valence-electron chi connectivity index (χ1n) is 6.67. The van der Waals surface area contributed by atoms with Crippen LogP contribution in [-0.4, -0.2) is 16.5 Å². The summed E-state index contributed by atoms with van der Waals surface area (Å²) in [5.74, 6) is 2.28. The third-order valence-corrected chi connectivity index (χ3v) is 4.63. The van der Waals surface area contributed by atoms with E-state index < -0.39 is 0 Å². The van der Waals surface area contributed by atoms with Crippen molar-refractivity contribution in [1.29, 1.82) is 0 Å². The second-order valence-electron chi connectivity index (χ2n) is 5.07. The molecule has 2 N–H and O–H groups in total. The summed E-state index contributed by atoms with van der Waals surface area (Å²) in [7, 11) is 0. The maximum absolute atomic E-state index is 11.4. The van der Waals surface area contributed by atoms with Gasteiger partial charge in [0, 0.05) is 6.54 Å². The van der Waals surface area contributed by atoms with Crippen LogP contribution in [0, 0.1) is 11.8 Å². The summed E-state index contributed by atoms with van der Waals surface area (Å²) in [5.41, 5.74) is -0.137. The van der Waals surface area contributed by atoms with Crippen molar-refractivity contribution in [2.24, 2.45) is 11.8 Å². The molecule has 100 valence electrons. The predicted octanol–water partition coefficient (Wildman–Crippen LogP) is 3.16. The smallest absolute Gasteiger partial charge is 0.267 e. The van der Waals surface area contributed by atoms with Crippen LogP contribution in [0.2, 0.25) is 0 Å². The zero-order valence-electron chi connectivity index (χ0n) is 10.7. The van der Waals surface area contributed by atoms with Gasteiger partial charge in [0.1, 0.15) is 10.3 Å². The highest BCUT2D eigenvalue weighted by Gasteiger charge is 2.20. The first-order chi connectivity index (χ1) is 8.70. The molecule has 0 aliphatic heterocycles. The first-order valence-corrected chi connectivity index (χ1v) is 7.47. The van der Waals surface area contributed by atoms with E-state index in [4.69, 9.17) is 0 Å². The molecule has 0 spiro atoms. The van der Waals surface area contributed by atoms with Gasteiger partial charge in [0.25, 0.3) is 5.56 Å².